The Morgan fingerprint density at radius 1 is 1.19 bits per heavy atom. The molecule has 0 spiro atoms. The molecule has 1 aliphatic rings. The monoisotopic (exact) mass is 390 g/mol. The Balaban J connectivity index is 1.78. The Kier molecular flexibility index (Phi) is 6.07. The largest absolute Gasteiger partial charge is 0.496 e. The topological polar surface area (TPSA) is 59.5 Å². The van der Waals surface area contributed by atoms with E-state index in [0.717, 1.165) is 47.2 Å². The Labute approximate surface area is 165 Å². The first kappa shape index (κ1) is 19.7. The summed E-state index contributed by atoms with van der Waals surface area (Å²) in [5, 5.41) is 3.69. The van der Waals surface area contributed by atoms with Gasteiger partial charge in [-0.1, -0.05) is 0 Å². The average Bonchev–Trinajstić information content (AvgIpc) is 3.04. The Bertz CT molecular complexity index is 811. The molecule has 0 fully saturated rings. The van der Waals surface area contributed by atoms with Gasteiger partial charge in [0.05, 0.1) is 18.9 Å². The molecule has 27 heavy (non-hydrogen) atoms. The van der Waals surface area contributed by atoms with Crippen LogP contribution in [-0.4, -0.2) is 34.1 Å². The second-order valence-electron chi connectivity index (χ2n) is 7.26. The van der Waals surface area contributed by atoms with Crippen molar-refractivity contribution in [3.8, 4) is 11.5 Å². The zero-order valence-electron chi connectivity index (χ0n) is 16.5. The maximum atomic E-state index is 6.14. The molecular formula is C20H27ClN4O2. The van der Waals surface area contributed by atoms with Gasteiger partial charge in [-0.15, -0.1) is 0 Å². The zero-order chi connectivity index (χ0) is 19.6. The predicted octanol–water partition coefficient (Wildman–Crippen LogP) is 4.26. The highest BCUT2D eigenvalue weighted by molar-refractivity contribution is 6.28. The molecule has 1 aromatic carbocycles. The van der Waals surface area contributed by atoms with Crippen molar-refractivity contribution in [2.24, 2.45) is 0 Å². The molecule has 0 saturated carbocycles. The van der Waals surface area contributed by atoms with Crippen molar-refractivity contribution in [3.05, 3.63) is 40.3 Å². The van der Waals surface area contributed by atoms with Crippen LogP contribution in [0.25, 0.3) is 0 Å². The van der Waals surface area contributed by atoms with E-state index >= 15 is 0 Å². The van der Waals surface area contributed by atoms with E-state index in [1.54, 1.807) is 7.11 Å². The minimum absolute atomic E-state index is 0.119. The lowest BCUT2D eigenvalue weighted by atomic mass is 10.1. The highest BCUT2D eigenvalue weighted by atomic mass is 35.5. The van der Waals surface area contributed by atoms with Crippen LogP contribution in [0.15, 0.2) is 18.2 Å². The van der Waals surface area contributed by atoms with Crippen LogP contribution >= 0.6 is 11.6 Å². The van der Waals surface area contributed by atoms with Crippen LogP contribution in [0.3, 0.4) is 0 Å². The van der Waals surface area contributed by atoms with E-state index in [1.165, 1.54) is 0 Å². The van der Waals surface area contributed by atoms with E-state index < -0.39 is 0 Å². The number of rotatable bonds is 7. The fourth-order valence-corrected chi connectivity index (χ4v) is 3.34. The van der Waals surface area contributed by atoms with E-state index in [4.69, 9.17) is 21.1 Å². The van der Waals surface area contributed by atoms with Gasteiger partial charge in [0.1, 0.15) is 17.3 Å². The normalized spacial score (nSPS) is 13.9. The molecule has 0 atom stereocenters. The lowest BCUT2D eigenvalue weighted by Crippen LogP contribution is -2.24. The molecule has 0 bridgehead atoms. The number of nitrogens with zero attached hydrogens (tertiary/aromatic N) is 3. The summed E-state index contributed by atoms with van der Waals surface area (Å²) < 4.78 is 11.3. The van der Waals surface area contributed by atoms with Gasteiger partial charge >= 0.3 is 0 Å². The lowest BCUT2D eigenvalue weighted by molar-refractivity contribution is 0.226. The molecule has 3 rings (SSSR count). The lowest BCUT2D eigenvalue weighted by Gasteiger charge is -2.19. The van der Waals surface area contributed by atoms with E-state index in [0.29, 0.717) is 12.6 Å². The maximum absolute atomic E-state index is 6.14. The third-order valence-corrected chi connectivity index (χ3v) is 4.76. The van der Waals surface area contributed by atoms with Crippen molar-refractivity contribution < 1.29 is 9.47 Å². The summed E-state index contributed by atoms with van der Waals surface area (Å²) in [4.78, 5) is 11.2. The summed E-state index contributed by atoms with van der Waals surface area (Å²) in [6.45, 7) is 10.6. The van der Waals surface area contributed by atoms with E-state index in [-0.39, 0.29) is 11.4 Å². The molecular weight excluding hydrogens is 364 g/mol. The molecule has 0 unspecified atom stereocenters. The first-order chi connectivity index (χ1) is 12.9. The zero-order valence-corrected chi connectivity index (χ0v) is 17.3. The maximum Gasteiger partial charge on any atom is 0.224 e. The molecule has 2 aromatic rings. The van der Waals surface area contributed by atoms with Gasteiger partial charge in [-0.2, -0.15) is 0 Å². The molecule has 1 N–H and O–H groups in total. The molecule has 1 aliphatic heterocycles. The van der Waals surface area contributed by atoms with Crippen molar-refractivity contribution in [1.29, 1.82) is 0 Å². The molecule has 0 saturated heterocycles. The minimum atomic E-state index is 0.119. The van der Waals surface area contributed by atoms with Crippen molar-refractivity contribution in [2.45, 2.75) is 59.5 Å². The van der Waals surface area contributed by atoms with Gasteiger partial charge in [0, 0.05) is 42.9 Å². The molecule has 146 valence electrons. The molecule has 0 radical (unpaired) electrons. The molecule has 1 aromatic heterocycles. The SMILES string of the molecule is COc1cc(OC(C)C)ccc1CNc1nc(Cl)nc2c1CN(C(C)C)C2. The molecule has 7 heteroatoms. The number of hydrogen-bond donors (Lipinski definition) is 1. The number of hydrogen-bond acceptors (Lipinski definition) is 6. The molecule has 6 nitrogen and oxygen atoms in total. The Hall–Kier alpha value is -2.05. The Morgan fingerprint density at radius 3 is 2.63 bits per heavy atom. The van der Waals surface area contributed by atoms with Crippen LogP contribution in [0.5, 0.6) is 11.5 Å². The number of anilines is 1. The van der Waals surface area contributed by atoms with Gasteiger partial charge in [-0.25, -0.2) is 9.97 Å². The van der Waals surface area contributed by atoms with Gasteiger partial charge in [0.25, 0.3) is 0 Å². The van der Waals surface area contributed by atoms with Gasteiger partial charge in [-0.3, -0.25) is 4.90 Å². The number of aromatic nitrogens is 2. The van der Waals surface area contributed by atoms with Crippen molar-refractivity contribution in [3.63, 3.8) is 0 Å². The fourth-order valence-electron chi connectivity index (χ4n) is 3.16. The van der Waals surface area contributed by atoms with Crippen LogP contribution in [0.1, 0.15) is 44.5 Å². The van der Waals surface area contributed by atoms with E-state index in [2.05, 4.69) is 34.0 Å². The summed E-state index contributed by atoms with van der Waals surface area (Å²) >= 11 is 6.14. The third-order valence-electron chi connectivity index (χ3n) is 4.59. The van der Waals surface area contributed by atoms with Crippen LogP contribution in [-0.2, 0) is 19.6 Å². The Morgan fingerprint density at radius 2 is 1.96 bits per heavy atom. The number of ether oxygens (including phenoxy) is 2. The summed E-state index contributed by atoms with van der Waals surface area (Å²) in [6.07, 6.45) is 0.119. The van der Waals surface area contributed by atoms with E-state index in [9.17, 15) is 0 Å². The molecule has 2 heterocycles. The van der Waals surface area contributed by atoms with Gasteiger partial charge in [-0.05, 0) is 51.4 Å². The van der Waals surface area contributed by atoms with Crippen LogP contribution in [0.2, 0.25) is 5.28 Å². The third kappa shape index (κ3) is 4.62. The summed E-state index contributed by atoms with van der Waals surface area (Å²) in [7, 11) is 1.66. The number of methoxy groups -OCH3 is 1. The van der Waals surface area contributed by atoms with Crippen molar-refractivity contribution in [1.82, 2.24) is 14.9 Å². The first-order valence-corrected chi connectivity index (χ1v) is 9.62. The highest BCUT2D eigenvalue weighted by Gasteiger charge is 2.26. The summed E-state index contributed by atoms with van der Waals surface area (Å²) in [5.41, 5.74) is 3.14. The minimum Gasteiger partial charge on any atom is -0.496 e. The molecule has 0 aliphatic carbocycles. The smallest absolute Gasteiger partial charge is 0.224 e. The average molecular weight is 391 g/mol. The van der Waals surface area contributed by atoms with Crippen LogP contribution in [0.4, 0.5) is 5.82 Å². The first-order valence-electron chi connectivity index (χ1n) is 9.24. The second kappa shape index (κ2) is 8.31. The van der Waals surface area contributed by atoms with Gasteiger partial charge in [0.2, 0.25) is 5.28 Å². The van der Waals surface area contributed by atoms with Gasteiger partial charge in [0.15, 0.2) is 0 Å². The predicted molar refractivity (Wildman–Crippen MR) is 108 cm³/mol. The quantitative estimate of drug-likeness (QED) is 0.713. The number of halogens is 1. The van der Waals surface area contributed by atoms with Crippen LogP contribution in [0, 0.1) is 0 Å². The number of benzene rings is 1. The highest BCUT2D eigenvalue weighted by Crippen LogP contribution is 2.31. The standard InChI is InChI=1S/C20H27ClN4O2/c1-12(2)25-10-16-17(11-25)23-20(21)24-19(16)22-9-14-6-7-15(27-13(3)4)8-18(14)26-5/h6-8,12-13H,9-11H2,1-5H3,(H,22,23,24). The molecule has 0 amide bonds. The fraction of sp³-hybridized carbons (Fsp3) is 0.500. The van der Waals surface area contributed by atoms with Crippen LogP contribution < -0.4 is 14.8 Å². The summed E-state index contributed by atoms with van der Waals surface area (Å²) in [6, 6.07) is 6.32. The number of nitrogens with one attached hydrogen (secondary N) is 1. The summed E-state index contributed by atoms with van der Waals surface area (Å²) in [5.74, 6) is 2.36. The van der Waals surface area contributed by atoms with Crippen molar-refractivity contribution in [2.75, 3.05) is 12.4 Å². The van der Waals surface area contributed by atoms with Crippen molar-refractivity contribution >= 4 is 17.4 Å². The van der Waals surface area contributed by atoms with Gasteiger partial charge < -0.3 is 14.8 Å². The number of fused-ring (bicyclic) bond motifs is 1. The second-order valence-corrected chi connectivity index (χ2v) is 7.60. The van der Waals surface area contributed by atoms with E-state index in [1.807, 2.05) is 32.0 Å².